The van der Waals surface area contributed by atoms with Gasteiger partial charge in [0.05, 0.1) is 33.0 Å². The number of rotatable bonds is 11. The summed E-state index contributed by atoms with van der Waals surface area (Å²) < 4.78 is 16.0. The van der Waals surface area contributed by atoms with E-state index in [2.05, 4.69) is 19.2 Å². The van der Waals surface area contributed by atoms with Gasteiger partial charge in [-0.2, -0.15) is 0 Å². The van der Waals surface area contributed by atoms with Crippen molar-refractivity contribution in [2.45, 2.75) is 13.8 Å². The normalized spacial score (nSPS) is 11.2. The second-order valence-electron chi connectivity index (χ2n) is 3.80. The summed E-state index contributed by atoms with van der Waals surface area (Å²) in [4.78, 5) is 0. The van der Waals surface area contributed by atoms with Crippen molar-refractivity contribution in [3.8, 4) is 0 Å². The first-order valence-electron chi connectivity index (χ1n) is 5.65. The van der Waals surface area contributed by atoms with E-state index in [1.54, 1.807) is 0 Å². The molecule has 0 bridgehead atoms. The van der Waals surface area contributed by atoms with Gasteiger partial charge in [-0.05, 0) is 13.0 Å². The number of hydrogen-bond acceptors (Lipinski definition) is 4. The molecule has 0 aliphatic heterocycles. The third-order valence-electron chi connectivity index (χ3n) is 1.69. The van der Waals surface area contributed by atoms with Crippen molar-refractivity contribution in [2.75, 3.05) is 53.2 Å². The highest BCUT2D eigenvalue weighted by molar-refractivity contribution is 4.40. The molecule has 0 rings (SSSR count). The van der Waals surface area contributed by atoms with Crippen LogP contribution in [0.3, 0.4) is 0 Å². The molecule has 4 nitrogen and oxygen atoms in total. The molecule has 0 heterocycles. The van der Waals surface area contributed by atoms with Gasteiger partial charge in [0.25, 0.3) is 0 Å². The second kappa shape index (κ2) is 11.9. The Labute approximate surface area is 93.3 Å². The van der Waals surface area contributed by atoms with E-state index < -0.39 is 0 Å². The van der Waals surface area contributed by atoms with Gasteiger partial charge in [-0.15, -0.1) is 0 Å². The van der Waals surface area contributed by atoms with Crippen molar-refractivity contribution in [1.82, 2.24) is 5.32 Å². The molecule has 1 N–H and O–H groups in total. The maximum Gasteiger partial charge on any atom is 0.0701 e. The second-order valence-corrected chi connectivity index (χ2v) is 3.80. The lowest BCUT2D eigenvalue weighted by Gasteiger charge is -2.07. The third kappa shape index (κ3) is 13.8. The van der Waals surface area contributed by atoms with Gasteiger partial charge in [0.15, 0.2) is 0 Å². The maximum atomic E-state index is 5.36. The van der Waals surface area contributed by atoms with Gasteiger partial charge in [-0.3, -0.25) is 0 Å². The molecule has 0 aromatic rings. The summed E-state index contributed by atoms with van der Waals surface area (Å²) in [5, 5.41) is 3.01. The van der Waals surface area contributed by atoms with Gasteiger partial charge >= 0.3 is 0 Å². The Kier molecular flexibility index (Phi) is 11.8. The van der Waals surface area contributed by atoms with Crippen LogP contribution in [0.15, 0.2) is 0 Å². The molecule has 0 unspecified atom stereocenters. The van der Waals surface area contributed by atoms with Gasteiger partial charge in [0.1, 0.15) is 0 Å². The minimum Gasteiger partial charge on any atom is -0.379 e. The SMILES string of the molecule is CNCCOCCOCCOCC(C)C. The van der Waals surface area contributed by atoms with Crippen molar-refractivity contribution in [3.05, 3.63) is 0 Å². The Morgan fingerprint density at radius 2 is 1.40 bits per heavy atom. The zero-order valence-electron chi connectivity index (χ0n) is 10.3. The first-order valence-corrected chi connectivity index (χ1v) is 5.65. The Bertz CT molecular complexity index is 120. The lowest BCUT2D eigenvalue weighted by atomic mass is 10.2. The third-order valence-corrected chi connectivity index (χ3v) is 1.69. The topological polar surface area (TPSA) is 39.7 Å². The summed E-state index contributed by atoms with van der Waals surface area (Å²) in [5.74, 6) is 0.592. The van der Waals surface area contributed by atoms with Crippen LogP contribution in [0.1, 0.15) is 13.8 Å². The van der Waals surface area contributed by atoms with Crippen molar-refractivity contribution >= 4 is 0 Å². The predicted octanol–water partition coefficient (Wildman–Crippen LogP) is 0.912. The first kappa shape index (κ1) is 14.8. The van der Waals surface area contributed by atoms with Gasteiger partial charge in [0, 0.05) is 13.2 Å². The molecular weight excluding hydrogens is 194 g/mol. The fraction of sp³-hybridized carbons (Fsp3) is 1.00. The predicted molar refractivity (Wildman–Crippen MR) is 61.2 cm³/mol. The Morgan fingerprint density at radius 3 is 1.93 bits per heavy atom. The molecule has 0 aliphatic rings. The van der Waals surface area contributed by atoms with Crippen LogP contribution in [0.5, 0.6) is 0 Å². The van der Waals surface area contributed by atoms with Crippen molar-refractivity contribution in [3.63, 3.8) is 0 Å². The number of likely N-dealkylation sites (N-methyl/N-ethyl adjacent to an activating group) is 1. The monoisotopic (exact) mass is 219 g/mol. The molecule has 0 spiro atoms. The van der Waals surface area contributed by atoms with E-state index in [0.717, 1.165) is 19.8 Å². The van der Waals surface area contributed by atoms with Crippen LogP contribution in [-0.2, 0) is 14.2 Å². The standard InChI is InChI=1S/C11H25NO3/c1-11(2)10-15-9-8-14-7-6-13-5-4-12-3/h11-12H,4-10H2,1-3H3. The molecule has 0 fully saturated rings. The highest BCUT2D eigenvalue weighted by atomic mass is 16.5. The van der Waals surface area contributed by atoms with Crippen molar-refractivity contribution in [1.29, 1.82) is 0 Å². The zero-order valence-corrected chi connectivity index (χ0v) is 10.3. The molecule has 0 saturated heterocycles. The van der Waals surface area contributed by atoms with Crippen molar-refractivity contribution in [2.24, 2.45) is 5.92 Å². The lowest BCUT2D eigenvalue weighted by Crippen LogP contribution is -2.16. The number of ether oxygens (including phenoxy) is 3. The van der Waals surface area contributed by atoms with E-state index in [0.29, 0.717) is 32.3 Å². The average molecular weight is 219 g/mol. The number of hydrogen-bond donors (Lipinski definition) is 1. The Morgan fingerprint density at radius 1 is 0.867 bits per heavy atom. The fourth-order valence-corrected chi connectivity index (χ4v) is 0.933. The van der Waals surface area contributed by atoms with Crippen LogP contribution >= 0.6 is 0 Å². The van der Waals surface area contributed by atoms with Gasteiger partial charge in [0.2, 0.25) is 0 Å². The summed E-state index contributed by atoms with van der Waals surface area (Å²) in [6.45, 7) is 9.34. The smallest absolute Gasteiger partial charge is 0.0701 e. The fourth-order valence-electron chi connectivity index (χ4n) is 0.933. The van der Waals surface area contributed by atoms with E-state index >= 15 is 0 Å². The molecule has 92 valence electrons. The Hall–Kier alpha value is -0.160. The molecule has 0 aliphatic carbocycles. The van der Waals surface area contributed by atoms with Crippen LogP contribution in [0.2, 0.25) is 0 Å². The largest absolute Gasteiger partial charge is 0.379 e. The first-order chi connectivity index (χ1) is 7.27. The molecule has 0 aromatic carbocycles. The summed E-state index contributed by atoms with van der Waals surface area (Å²) in [6.07, 6.45) is 0. The van der Waals surface area contributed by atoms with E-state index in [9.17, 15) is 0 Å². The molecular formula is C11H25NO3. The summed E-state index contributed by atoms with van der Waals surface area (Å²) in [7, 11) is 1.91. The highest BCUT2D eigenvalue weighted by Crippen LogP contribution is 1.91. The number of nitrogens with one attached hydrogen (secondary N) is 1. The quantitative estimate of drug-likeness (QED) is 0.524. The maximum absolute atomic E-state index is 5.36. The van der Waals surface area contributed by atoms with E-state index in [-0.39, 0.29) is 0 Å². The van der Waals surface area contributed by atoms with Crippen LogP contribution in [0.4, 0.5) is 0 Å². The molecule has 4 heteroatoms. The molecule has 0 aromatic heterocycles. The van der Waals surface area contributed by atoms with E-state index in [4.69, 9.17) is 14.2 Å². The van der Waals surface area contributed by atoms with Crippen LogP contribution in [0.25, 0.3) is 0 Å². The lowest BCUT2D eigenvalue weighted by molar-refractivity contribution is 0.0102. The molecule has 0 amide bonds. The highest BCUT2D eigenvalue weighted by Gasteiger charge is 1.94. The van der Waals surface area contributed by atoms with Gasteiger partial charge in [-0.1, -0.05) is 13.8 Å². The zero-order chi connectivity index (χ0) is 11.4. The summed E-state index contributed by atoms with van der Waals surface area (Å²) >= 11 is 0. The summed E-state index contributed by atoms with van der Waals surface area (Å²) in [6, 6.07) is 0. The minimum absolute atomic E-state index is 0.592. The van der Waals surface area contributed by atoms with Crippen LogP contribution in [0, 0.1) is 5.92 Å². The van der Waals surface area contributed by atoms with E-state index in [1.807, 2.05) is 7.05 Å². The molecule has 15 heavy (non-hydrogen) atoms. The summed E-state index contributed by atoms with van der Waals surface area (Å²) in [5.41, 5.74) is 0. The van der Waals surface area contributed by atoms with Gasteiger partial charge in [-0.25, -0.2) is 0 Å². The van der Waals surface area contributed by atoms with Crippen LogP contribution in [-0.4, -0.2) is 53.2 Å². The molecule has 0 atom stereocenters. The Balaban J connectivity index is 2.87. The minimum atomic E-state index is 0.592. The molecule has 0 saturated carbocycles. The van der Waals surface area contributed by atoms with Crippen molar-refractivity contribution < 1.29 is 14.2 Å². The van der Waals surface area contributed by atoms with Crippen LogP contribution < -0.4 is 5.32 Å². The molecule has 0 radical (unpaired) electrons. The average Bonchev–Trinajstić information content (AvgIpc) is 2.20. The van der Waals surface area contributed by atoms with Gasteiger partial charge < -0.3 is 19.5 Å². The van der Waals surface area contributed by atoms with E-state index in [1.165, 1.54) is 0 Å².